The van der Waals surface area contributed by atoms with Crippen molar-refractivity contribution in [2.45, 2.75) is 47.4 Å². The standard InChI is InChI=1S/C18H23F3N2O3S2/c19-18(20,21)27-15-5-7-16(8-6-15)28(25,26)23-11-9-22(10-12-23)17(24)13-14-3-1-2-4-14/h5-8,14H,1-4,9-13H2. The smallest absolute Gasteiger partial charge is 0.340 e. The summed E-state index contributed by atoms with van der Waals surface area (Å²) in [5.74, 6) is 0.528. The van der Waals surface area contributed by atoms with Gasteiger partial charge in [-0.15, -0.1) is 0 Å². The molecule has 1 aromatic carbocycles. The van der Waals surface area contributed by atoms with Gasteiger partial charge < -0.3 is 4.90 Å². The van der Waals surface area contributed by atoms with Crippen molar-refractivity contribution in [3.05, 3.63) is 24.3 Å². The minimum absolute atomic E-state index is 0.0373. The van der Waals surface area contributed by atoms with Crippen LogP contribution in [0.2, 0.25) is 0 Å². The molecule has 1 aromatic rings. The van der Waals surface area contributed by atoms with Gasteiger partial charge in [0.05, 0.1) is 4.90 Å². The zero-order chi connectivity index (χ0) is 20.4. The lowest BCUT2D eigenvalue weighted by atomic mass is 10.0. The van der Waals surface area contributed by atoms with Gasteiger partial charge in [-0.3, -0.25) is 4.79 Å². The molecule has 0 radical (unpaired) electrons. The van der Waals surface area contributed by atoms with Crippen molar-refractivity contribution >= 4 is 27.7 Å². The van der Waals surface area contributed by atoms with Crippen LogP contribution >= 0.6 is 11.8 Å². The maximum atomic E-state index is 12.7. The van der Waals surface area contributed by atoms with Crippen LogP contribution < -0.4 is 0 Å². The highest BCUT2D eigenvalue weighted by molar-refractivity contribution is 8.00. The highest BCUT2D eigenvalue weighted by atomic mass is 32.2. The van der Waals surface area contributed by atoms with E-state index >= 15 is 0 Å². The Balaban J connectivity index is 1.57. The van der Waals surface area contributed by atoms with E-state index in [-0.39, 0.29) is 40.5 Å². The van der Waals surface area contributed by atoms with Crippen LogP contribution in [0.1, 0.15) is 32.1 Å². The zero-order valence-corrected chi connectivity index (χ0v) is 17.0. The molecule has 1 heterocycles. The van der Waals surface area contributed by atoms with Gasteiger partial charge in [-0.05, 0) is 54.8 Å². The van der Waals surface area contributed by atoms with Crippen LogP contribution in [0.25, 0.3) is 0 Å². The lowest BCUT2D eigenvalue weighted by Crippen LogP contribution is -2.50. The summed E-state index contributed by atoms with van der Waals surface area (Å²) in [5.41, 5.74) is -4.41. The van der Waals surface area contributed by atoms with Crippen LogP contribution in [0.15, 0.2) is 34.1 Å². The molecule has 2 fully saturated rings. The molecule has 5 nitrogen and oxygen atoms in total. The third-order valence-electron chi connectivity index (χ3n) is 5.22. The Kier molecular flexibility index (Phi) is 6.61. The Labute approximate surface area is 167 Å². The number of thioether (sulfide) groups is 1. The number of hydrogen-bond acceptors (Lipinski definition) is 4. The molecule has 0 unspecified atom stereocenters. The number of alkyl halides is 3. The van der Waals surface area contributed by atoms with Crippen molar-refractivity contribution in [3.8, 4) is 0 Å². The van der Waals surface area contributed by atoms with Crippen molar-refractivity contribution < 1.29 is 26.4 Å². The van der Waals surface area contributed by atoms with E-state index in [0.29, 0.717) is 25.4 Å². The predicted molar refractivity (Wildman–Crippen MR) is 100 cm³/mol. The first kappa shape index (κ1) is 21.4. The number of carbonyl (C=O) groups excluding carboxylic acids is 1. The van der Waals surface area contributed by atoms with Crippen LogP contribution in [-0.4, -0.2) is 55.2 Å². The zero-order valence-electron chi connectivity index (χ0n) is 15.3. The first-order chi connectivity index (χ1) is 13.1. The fourth-order valence-electron chi connectivity index (χ4n) is 3.73. The Morgan fingerprint density at radius 3 is 2.14 bits per heavy atom. The summed E-state index contributed by atoms with van der Waals surface area (Å²) in [6, 6.07) is 4.71. The number of hydrogen-bond donors (Lipinski definition) is 0. The van der Waals surface area contributed by atoms with Crippen molar-refractivity contribution in [2.75, 3.05) is 26.2 Å². The van der Waals surface area contributed by atoms with Gasteiger partial charge >= 0.3 is 5.51 Å². The maximum absolute atomic E-state index is 12.7. The summed E-state index contributed by atoms with van der Waals surface area (Å²) >= 11 is -0.281. The number of piperazine rings is 1. The Morgan fingerprint density at radius 1 is 1.04 bits per heavy atom. The maximum Gasteiger partial charge on any atom is 0.446 e. The lowest BCUT2D eigenvalue weighted by molar-refractivity contribution is -0.133. The number of rotatable bonds is 5. The Bertz CT molecular complexity index is 783. The van der Waals surface area contributed by atoms with Gasteiger partial charge in [-0.1, -0.05) is 12.8 Å². The minimum Gasteiger partial charge on any atom is -0.340 e. The second-order valence-corrected chi connectivity index (χ2v) is 10.2. The van der Waals surface area contributed by atoms with Gasteiger partial charge in [-0.25, -0.2) is 8.42 Å². The molecule has 0 spiro atoms. The van der Waals surface area contributed by atoms with E-state index in [1.54, 1.807) is 4.90 Å². The molecular weight excluding hydrogens is 413 g/mol. The van der Waals surface area contributed by atoms with Gasteiger partial charge in [0, 0.05) is 37.5 Å². The normalized spacial score (nSPS) is 19.9. The predicted octanol–water partition coefficient (Wildman–Crippen LogP) is 3.71. The van der Waals surface area contributed by atoms with Gasteiger partial charge in [-0.2, -0.15) is 17.5 Å². The number of sulfonamides is 1. The molecule has 1 saturated heterocycles. The molecule has 156 valence electrons. The second kappa shape index (κ2) is 8.62. The summed E-state index contributed by atoms with van der Waals surface area (Å²) in [4.78, 5) is 14.0. The monoisotopic (exact) mass is 436 g/mol. The number of benzene rings is 1. The Hall–Kier alpha value is -1.26. The topological polar surface area (TPSA) is 57.7 Å². The van der Waals surface area contributed by atoms with Crippen molar-refractivity contribution in [1.82, 2.24) is 9.21 Å². The van der Waals surface area contributed by atoms with Crippen LogP contribution in [-0.2, 0) is 14.8 Å². The second-order valence-electron chi connectivity index (χ2n) is 7.16. The third kappa shape index (κ3) is 5.42. The summed E-state index contributed by atoms with van der Waals surface area (Å²) in [5, 5.41) is 0. The molecule has 1 saturated carbocycles. The first-order valence-electron chi connectivity index (χ1n) is 9.29. The number of nitrogens with zero attached hydrogens (tertiary/aromatic N) is 2. The fraction of sp³-hybridized carbons (Fsp3) is 0.611. The fourth-order valence-corrected chi connectivity index (χ4v) is 5.69. The van der Waals surface area contributed by atoms with E-state index in [4.69, 9.17) is 0 Å². The summed E-state index contributed by atoms with van der Waals surface area (Å²) in [7, 11) is -3.79. The number of carbonyl (C=O) groups is 1. The van der Waals surface area contributed by atoms with E-state index in [1.165, 1.54) is 29.3 Å². The van der Waals surface area contributed by atoms with E-state index in [9.17, 15) is 26.4 Å². The third-order valence-corrected chi connectivity index (χ3v) is 7.88. The molecule has 0 N–H and O–H groups in total. The summed E-state index contributed by atoms with van der Waals surface area (Å²) < 4.78 is 64.0. The minimum atomic E-state index is -4.41. The molecule has 10 heteroatoms. The highest BCUT2D eigenvalue weighted by Gasteiger charge is 2.32. The van der Waals surface area contributed by atoms with Crippen molar-refractivity contribution in [2.24, 2.45) is 5.92 Å². The van der Waals surface area contributed by atoms with E-state index in [1.807, 2.05) is 0 Å². The van der Waals surface area contributed by atoms with Gasteiger partial charge in [0.2, 0.25) is 15.9 Å². The Morgan fingerprint density at radius 2 is 1.61 bits per heavy atom. The molecule has 0 atom stereocenters. The van der Waals surface area contributed by atoms with Crippen molar-refractivity contribution in [3.63, 3.8) is 0 Å². The summed E-state index contributed by atoms with van der Waals surface area (Å²) in [6.07, 6.45) is 5.05. The SMILES string of the molecule is O=C(CC1CCCC1)N1CCN(S(=O)(=O)c2ccc(SC(F)(F)F)cc2)CC1. The van der Waals surface area contributed by atoms with Crippen LogP contribution in [0, 0.1) is 5.92 Å². The quantitative estimate of drug-likeness (QED) is 0.661. The molecular formula is C18H23F3N2O3S2. The van der Waals surface area contributed by atoms with Crippen LogP contribution in [0.4, 0.5) is 13.2 Å². The average molecular weight is 437 g/mol. The summed E-state index contributed by atoms with van der Waals surface area (Å²) in [6.45, 7) is 1.06. The molecule has 1 aliphatic carbocycles. The van der Waals surface area contributed by atoms with E-state index in [2.05, 4.69) is 0 Å². The van der Waals surface area contributed by atoms with E-state index < -0.39 is 15.5 Å². The molecule has 0 bridgehead atoms. The van der Waals surface area contributed by atoms with E-state index in [0.717, 1.165) is 25.0 Å². The molecule has 0 aromatic heterocycles. The number of halogens is 3. The molecule has 28 heavy (non-hydrogen) atoms. The molecule has 1 amide bonds. The van der Waals surface area contributed by atoms with Gasteiger partial charge in [0.25, 0.3) is 0 Å². The van der Waals surface area contributed by atoms with Crippen molar-refractivity contribution in [1.29, 1.82) is 0 Å². The highest BCUT2D eigenvalue weighted by Crippen LogP contribution is 2.37. The van der Waals surface area contributed by atoms with Gasteiger partial charge in [0.15, 0.2) is 0 Å². The first-order valence-corrected chi connectivity index (χ1v) is 11.5. The molecule has 1 aliphatic heterocycles. The average Bonchev–Trinajstić information content (AvgIpc) is 3.14. The molecule has 3 rings (SSSR count). The number of amides is 1. The molecule has 2 aliphatic rings. The van der Waals surface area contributed by atoms with Crippen LogP contribution in [0.3, 0.4) is 0 Å². The largest absolute Gasteiger partial charge is 0.446 e. The van der Waals surface area contributed by atoms with Gasteiger partial charge in [0.1, 0.15) is 0 Å². The lowest BCUT2D eigenvalue weighted by Gasteiger charge is -2.34. The van der Waals surface area contributed by atoms with Crippen LogP contribution in [0.5, 0.6) is 0 Å².